The summed E-state index contributed by atoms with van der Waals surface area (Å²) in [5.74, 6) is 0.537. The summed E-state index contributed by atoms with van der Waals surface area (Å²) >= 11 is 0. The molecule has 1 aromatic carbocycles. The summed E-state index contributed by atoms with van der Waals surface area (Å²) in [7, 11) is 0. The van der Waals surface area contributed by atoms with E-state index in [2.05, 4.69) is 23.6 Å². The van der Waals surface area contributed by atoms with Gasteiger partial charge in [0.05, 0.1) is 12.0 Å². The van der Waals surface area contributed by atoms with Crippen LogP contribution in [0.3, 0.4) is 0 Å². The molecule has 0 aliphatic carbocycles. The van der Waals surface area contributed by atoms with Crippen LogP contribution in [-0.2, 0) is 16.0 Å². The zero-order chi connectivity index (χ0) is 21.8. The molecule has 3 aliphatic rings. The minimum atomic E-state index is -0.283. The average molecular weight is 432 g/mol. The van der Waals surface area contributed by atoms with E-state index in [-0.39, 0.29) is 23.7 Å². The molecule has 0 aromatic heterocycles. The van der Waals surface area contributed by atoms with Crippen molar-refractivity contribution in [3.05, 3.63) is 35.6 Å². The zero-order valence-electron chi connectivity index (χ0n) is 19.2. The van der Waals surface area contributed by atoms with E-state index in [0.29, 0.717) is 6.04 Å². The fraction of sp³-hybridized carbons (Fsp3) is 0.720. The molecule has 4 rings (SSSR count). The van der Waals surface area contributed by atoms with Gasteiger partial charge in [-0.1, -0.05) is 26.0 Å². The van der Waals surface area contributed by atoms with E-state index in [4.69, 9.17) is 4.74 Å². The van der Waals surface area contributed by atoms with Crippen molar-refractivity contribution in [3.63, 3.8) is 0 Å². The van der Waals surface area contributed by atoms with Crippen LogP contribution in [0, 0.1) is 11.7 Å². The standard InChI is InChI=1S/C25H38FN3O2/c1-20(2)19-27-11-13-28(14-12-27)23-6-15-31-25(18-23)7-9-29(10-8-25)24(30)17-21-4-3-5-22(26)16-21/h3-5,16,20,23H,6-15,17-19H2,1-2H3/t23-/m0/s1. The molecule has 1 spiro atoms. The van der Waals surface area contributed by atoms with E-state index in [1.165, 1.54) is 31.8 Å². The van der Waals surface area contributed by atoms with Crippen molar-refractivity contribution in [2.24, 2.45) is 5.92 Å². The first-order chi connectivity index (χ1) is 14.9. The molecule has 0 bridgehead atoms. The molecule has 172 valence electrons. The monoisotopic (exact) mass is 431 g/mol. The highest BCUT2D eigenvalue weighted by Gasteiger charge is 2.42. The first-order valence-corrected chi connectivity index (χ1v) is 12.0. The van der Waals surface area contributed by atoms with E-state index < -0.39 is 0 Å². The van der Waals surface area contributed by atoms with E-state index in [1.54, 1.807) is 6.07 Å². The van der Waals surface area contributed by atoms with Gasteiger partial charge in [-0.3, -0.25) is 9.69 Å². The van der Waals surface area contributed by atoms with E-state index >= 15 is 0 Å². The summed E-state index contributed by atoms with van der Waals surface area (Å²) in [6.45, 7) is 12.8. The topological polar surface area (TPSA) is 36.0 Å². The van der Waals surface area contributed by atoms with E-state index in [1.807, 2.05) is 11.0 Å². The van der Waals surface area contributed by atoms with Crippen LogP contribution in [0.2, 0.25) is 0 Å². The SMILES string of the molecule is CC(C)CN1CCN([C@H]2CCOC3(CCN(C(=O)Cc4cccc(F)c4)CC3)C2)CC1. The Bertz CT molecular complexity index is 740. The molecule has 1 atom stereocenters. The third-order valence-corrected chi connectivity index (χ3v) is 7.29. The molecule has 3 heterocycles. The number of hydrogen-bond donors (Lipinski definition) is 0. The number of carbonyl (C=O) groups excluding carboxylic acids is 1. The van der Waals surface area contributed by atoms with Crippen LogP contribution in [0.5, 0.6) is 0 Å². The van der Waals surface area contributed by atoms with Gasteiger partial charge < -0.3 is 14.5 Å². The number of nitrogens with zero attached hydrogens (tertiary/aromatic N) is 3. The predicted octanol–water partition coefficient (Wildman–Crippen LogP) is 3.18. The maximum atomic E-state index is 13.4. The number of rotatable bonds is 5. The molecule has 0 N–H and O–H groups in total. The van der Waals surface area contributed by atoms with Gasteiger partial charge in [-0.2, -0.15) is 0 Å². The van der Waals surface area contributed by atoms with Gasteiger partial charge in [0.2, 0.25) is 5.91 Å². The van der Waals surface area contributed by atoms with Crippen molar-refractivity contribution >= 4 is 5.91 Å². The second-order valence-corrected chi connectivity index (χ2v) is 10.1. The predicted molar refractivity (Wildman–Crippen MR) is 120 cm³/mol. The number of carbonyl (C=O) groups is 1. The van der Waals surface area contributed by atoms with Crippen molar-refractivity contribution in [1.82, 2.24) is 14.7 Å². The maximum absolute atomic E-state index is 13.4. The highest BCUT2D eigenvalue weighted by Crippen LogP contribution is 2.37. The lowest BCUT2D eigenvalue weighted by atomic mass is 9.81. The molecule has 0 saturated carbocycles. The van der Waals surface area contributed by atoms with Crippen molar-refractivity contribution in [3.8, 4) is 0 Å². The Hall–Kier alpha value is -1.50. The zero-order valence-corrected chi connectivity index (χ0v) is 19.2. The number of likely N-dealkylation sites (tertiary alicyclic amines) is 1. The smallest absolute Gasteiger partial charge is 0.226 e. The summed E-state index contributed by atoms with van der Waals surface area (Å²) in [6.07, 6.45) is 4.30. The third kappa shape index (κ3) is 5.85. The first kappa shape index (κ1) is 22.7. The number of ether oxygens (including phenoxy) is 1. The van der Waals surface area contributed by atoms with Crippen LogP contribution in [0.1, 0.15) is 45.1 Å². The van der Waals surface area contributed by atoms with Crippen LogP contribution in [0.4, 0.5) is 4.39 Å². The van der Waals surface area contributed by atoms with Crippen LogP contribution in [0.25, 0.3) is 0 Å². The fourth-order valence-electron chi connectivity index (χ4n) is 5.59. The van der Waals surface area contributed by atoms with Crippen LogP contribution < -0.4 is 0 Å². The Kier molecular flexibility index (Phi) is 7.29. The highest BCUT2D eigenvalue weighted by molar-refractivity contribution is 5.78. The molecule has 1 amide bonds. The molecular weight excluding hydrogens is 393 g/mol. The molecule has 1 aromatic rings. The Balaban J connectivity index is 1.27. The van der Waals surface area contributed by atoms with Gasteiger partial charge in [0, 0.05) is 58.5 Å². The van der Waals surface area contributed by atoms with E-state index in [0.717, 1.165) is 70.0 Å². The number of amides is 1. The summed E-state index contributed by atoms with van der Waals surface area (Å²) in [4.78, 5) is 19.9. The van der Waals surface area contributed by atoms with Crippen molar-refractivity contribution in [2.75, 3.05) is 52.4 Å². The molecule has 5 nitrogen and oxygen atoms in total. The van der Waals surface area contributed by atoms with Gasteiger partial charge in [-0.05, 0) is 49.3 Å². The van der Waals surface area contributed by atoms with Gasteiger partial charge in [0.25, 0.3) is 0 Å². The van der Waals surface area contributed by atoms with Gasteiger partial charge in [-0.15, -0.1) is 0 Å². The van der Waals surface area contributed by atoms with E-state index in [9.17, 15) is 9.18 Å². The minimum Gasteiger partial charge on any atom is -0.375 e. The highest BCUT2D eigenvalue weighted by atomic mass is 19.1. The second kappa shape index (κ2) is 9.97. The number of piperazine rings is 1. The Morgan fingerprint density at radius 2 is 1.90 bits per heavy atom. The normalized spacial score (nSPS) is 25.3. The summed E-state index contributed by atoms with van der Waals surface area (Å²) in [6, 6.07) is 6.97. The summed E-state index contributed by atoms with van der Waals surface area (Å²) < 4.78 is 19.8. The molecule has 3 saturated heterocycles. The van der Waals surface area contributed by atoms with Gasteiger partial charge >= 0.3 is 0 Å². The minimum absolute atomic E-state index is 0.0758. The van der Waals surface area contributed by atoms with Crippen molar-refractivity contribution < 1.29 is 13.9 Å². The van der Waals surface area contributed by atoms with Gasteiger partial charge in [0.15, 0.2) is 0 Å². The molecule has 0 unspecified atom stereocenters. The van der Waals surface area contributed by atoms with Crippen LogP contribution >= 0.6 is 0 Å². The molecule has 6 heteroatoms. The van der Waals surface area contributed by atoms with Gasteiger partial charge in [0.1, 0.15) is 5.82 Å². The lowest BCUT2D eigenvalue weighted by Gasteiger charge is -2.49. The molecule has 0 radical (unpaired) electrons. The molecule has 3 aliphatic heterocycles. The van der Waals surface area contributed by atoms with Gasteiger partial charge in [-0.25, -0.2) is 4.39 Å². The van der Waals surface area contributed by atoms with Crippen LogP contribution in [-0.4, -0.2) is 84.7 Å². The second-order valence-electron chi connectivity index (χ2n) is 10.1. The molecule has 3 fully saturated rings. The third-order valence-electron chi connectivity index (χ3n) is 7.29. The van der Waals surface area contributed by atoms with Crippen molar-refractivity contribution in [2.45, 2.75) is 57.6 Å². The quantitative estimate of drug-likeness (QED) is 0.718. The summed E-state index contributed by atoms with van der Waals surface area (Å²) in [5.41, 5.74) is 0.670. The number of piperidine rings is 1. The number of benzene rings is 1. The Morgan fingerprint density at radius 1 is 1.16 bits per heavy atom. The first-order valence-electron chi connectivity index (χ1n) is 12.0. The van der Waals surface area contributed by atoms with Crippen molar-refractivity contribution in [1.29, 1.82) is 0 Å². The number of hydrogen-bond acceptors (Lipinski definition) is 4. The Morgan fingerprint density at radius 3 is 2.58 bits per heavy atom. The fourth-order valence-corrected chi connectivity index (χ4v) is 5.59. The molecule has 31 heavy (non-hydrogen) atoms. The largest absolute Gasteiger partial charge is 0.375 e. The summed E-state index contributed by atoms with van der Waals surface area (Å²) in [5, 5.41) is 0. The Labute approximate surface area is 186 Å². The lowest BCUT2D eigenvalue weighted by Crippen LogP contribution is -2.57. The lowest BCUT2D eigenvalue weighted by molar-refractivity contribution is -0.149. The average Bonchev–Trinajstić information content (AvgIpc) is 2.74. The maximum Gasteiger partial charge on any atom is 0.226 e. The van der Waals surface area contributed by atoms with Crippen LogP contribution in [0.15, 0.2) is 24.3 Å². The number of halogens is 1. The molecular formula is C25H38FN3O2.